The van der Waals surface area contributed by atoms with Gasteiger partial charge in [0.1, 0.15) is 35.2 Å². The number of ketones is 1. The van der Waals surface area contributed by atoms with Crippen LogP contribution in [0.25, 0.3) is 5.76 Å². The second-order valence-electron chi connectivity index (χ2n) is 8.19. The first-order valence-electron chi connectivity index (χ1n) is 10.5. The number of carbonyl (C=O) groups is 2. The van der Waals surface area contributed by atoms with Crippen molar-refractivity contribution in [3.63, 3.8) is 0 Å². The molecule has 2 aliphatic rings. The first-order valence-corrected chi connectivity index (χ1v) is 10.5. The number of amides is 1. The lowest BCUT2D eigenvalue weighted by atomic mass is 9.97. The molecule has 162 valence electrons. The van der Waals surface area contributed by atoms with Crippen molar-refractivity contribution < 1.29 is 23.8 Å². The maximum Gasteiger partial charge on any atom is 0.296 e. The van der Waals surface area contributed by atoms with Gasteiger partial charge in [-0.25, -0.2) is 0 Å². The van der Waals surface area contributed by atoms with E-state index in [2.05, 4.69) is 4.98 Å². The van der Waals surface area contributed by atoms with Crippen LogP contribution in [0.2, 0.25) is 0 Å². The Hall–Kier alpha value is -3.87. The molecule has 2 atom stereocenters. The van der Waals surface area contributed by atoms with Gasteiger partial charge in [-0.05, 0) is 67.4 Å². The molecule has 7 heteroatoms. The number of ether oxygens (including phenoxy) is 1. The van der Waals surface area contributed by atoms with Crippen molar-refractivity contribution >= 4 is 17.4 Å². The number of hydrogen-bond acceptors (Lipinski definition) is 6. The highest BCUT2D eigenvalue weighted by Crippen LogP contribution is 2.41. The summed E-state index contributed by atoms with van der Waals surface area (Å²) in [6.45, 7) is 3.95. The summed E-state index contributed by atoms with van der Waals surface area (Å²) in [6.07, 6.45) is 4.03. The standard InChI is InChI=1S/C25H22N2O5/c1-14-3-5-20(31-14)22-21(23(28)17-4-6-19-18(12-17)11-15(2)32-19)24(29)25(30)27(22)13-16-7-9-26-10-8-16/h3-10,12,15,22,28H,11,13H2,1-2H3/b23-21+. The van der Waals surface area contributed by atoms with Crippen LogP contribution in [0.15, 0.2) is 64.8 Å². The molecular formula is C25H22N2O5. The van der Waals surface area contributed by atoms with Gasteiger partial charge in [0.25, 0.3) is 11.7 Å². The van der Waals surface area contributed by atoms with Crippen LogP contribution in [-0.4, -0.2) is 32.8 Å². The summed E-state index contributed by atoms with van der Waals surface area (Å²) >= 11 is 0. The highest BCUT2D eigenvalue weighted by Gasteiger charge is 2.47. The molecule has 0 spiro atoms. The van der Waals surface area contributed by atoms with Crippen LogP contribution in [-0.2, 0) is 22.6 Å². The third kappa shape index (κ3) is 3.36. The maximum atomic E-state index is 13.1. The van der Waals surface area contributed by atoms with Crippen molar-refractivity contribution in [2.75, 3.05) is 0 Å². The molecule has 2 aliphatic heterocycles. The van der Waals surface area contributed by atoms with Crippen molar-refractivity contribution in [2.45, 2.75) is 39.0 Å². The van der Waals surface area contributed by atoms with E-state index in [1.807, 2.05) is 13.0 Å². The number of likely N-dealkylation sites (tertiary alicyclic amines) is 1. The molecule has 4 heterocycles. The largest absolute Gasteiger partial charge is 0.507 e. The fourth-order valence-electron chi connectivity index (χ4n) is 4.35. The zero-order valence-corrected chi connectivity index (χ0v) is 17.7. The molecule has 1 N–H and O–H groups in total. The van der Waals surface area contributed by atoms with Crippen LogP contribution in [0.3, 0.4) is 0 Å². The number of fused-ring (bicyclic) bond motifs is 1. The molecule has 3 aromatic rings. The summed E-state index contributed by atoms with van der Waals surface area (Å²) in [5.41, 5.74) is 2.26. The van der Waals surface area contributed by atoms with E-state index in [1.165, 1.54) is 4.90 Å². The number of carbonyl (C=O) groups excluding carboxylic acids is 2. The lowest BCUT2D eigenvalue weighted by Crippen LogP contribution is -2.29. The molecule has 5 rings (SSSR count). The molecular weight excluding hydrogens is 408 g/mol. The van der Waals surface area contributed by atoms with Gasteiger partial charge >= 0.3 is 0 Å². The van der Waals surface area contributed by atoms with Gasteiger partial charge in [0.2, 0.25) is 0 Å². The lowest BCUT2D eigenvalue weighted by molar-refractivity contribution is -0.140. The number of rotatable bonds is 4. The average molecular weight is 430 g/mol. The Morgan fingerprint density at radius 1 is 1.16 bits per heavy atom. The van der Waals surface area contributed by atoms with Crippen molar-refractivity contribution in [1.82, 2.24) is 9.88 Å². The monoisotopic (exact) mass is 430 g/mol. The third-order valence-corrected chi connectivity index (χ3v) is 5.84. The van der Waals surface area contributed by atoms with Gasteiger partial charge in [-0.2, -0.15) is 0 Å². The van der Waals surface area contributed by atoms with Gasteiger partial charge < -0.3 is 19.2 Å². The van der Waals surface area contributed by atoms with E-state index in [-0.39, 0.29) is 24.0 Å². The first-order chi connectivity index (χ1) is 15.4. The highest BCUT2D eigenvalue weighted by molar-refractivity contribution is 6.46. The molecule has 0 aliphatic carbocycles. The van der Waals surface area contributed by atoms with E-state index in [0.717, 1.165) is 16.9 Å². The number of aryl methyl sites for hydroxylation is 1. The van der Waals surface area contributed by atoms with Gasteiger partial charge in [-0.15, -0.1) is 0 Å². The topological polar surface area (TPSA) is 92.9 Å². The fourth-order valence-corrected chi connectivity index (χ4v) is 4.35. The predicted octanol–water partition coefficient (Wildman–Crippen LogP) is 3.93. The van der Waals surface area contributed by atoms with Gasteiger partial charge in [-0.1, -0.05) is 0 Å². The van der Waals surface area contributed by atoms with Crippen LogP contribution < -0.4 is 4.74 Å². The Balaban J connectivity index is 1.62. The quantitative estimate of drug-likeness (QED) is 0.383. The second kappa shape index (κ2) is 7.67. The summed E-state index contributed by atoms with van der Waals surface area (Å²) in [7, 11) is 0. The Morgan fingerprint density at radius 3 is 2.66 bits per heavy atom. The maximum absolute atomic E-state index is 13.1. The minimum absolute atomic E-state index is 0.0188. The summed E-state index contributed by atoms with van der Waals surface area (Å²) in [4.78, 5) is 31.6. The summed E-state index contributed by atoms with van der Waals surface area (Å²) in [6, 6.07) is 11.5. The summed E-state index contributed by atoms with van der Waals surface area (Å²) in [5, 5.41) is 11.2. The van der Waals surface area contributed by atoms with Gasteiger partial charge in [0.05, 0.1) is 5.57 Å². The number of aliphatic hydroxyl groups is 1. The van der Waals surface area contributed by atoms with Crippen molar-refractivity contribution in [3.05, 3.63) is 88.6 Å². The number of aliphatic hydroxyl groups excluding tert-OH is 1. The Bertz CT molecular complexity index is 1240. The molecule has 0 radical (unpaired) electrons. The smallest absolute Gasteiger partial charge is 0.296 e. The molecule has 1 saturated heterocycles. The van der Waals surface area contributed by atoms with Gasteiger partial charge in [0, 0.05) is 30.9 Å². The molecule has 0 saturated carbocycles. The van der Waals surface area contributed by atoms with Crippen molar-refractivity contribution in [3.8, 4) is 5.75 Å². The van der Waals surface area contributed by atoms with Gasteiger partial charge in [-0.3, -0.25) is 14.6 Å². The molecule has 1 aromatic carbocycles. The predicted molar refractivity (Wildman–Crippen MR) is 116 cm³/mol. The molecule has 1 fully saturated rings. The lowest BCUT2D eigenvalue weighted by Gasteiger charge is -2.23. The van der Waals surface area contributed by atoms with E-state index in [0.29, 0.717) is 23.5 Å². The van der Waals surface area contributed by atoms with Gasteiger partial charge in [0.15, 0.2) is 0 Å². The fraction of sp³-hybridized carbons (Fsp3) is 0.240. The second-order valence-corrected chi connectivity index (χ2v) is 8.19. The third-order valence-electron chi connectivity index (χ3n) is 5.84. The zero-order chi connectivity index (χ0) is 22.4. The minimum Gasteiger partial charge on any atom is -0.507 e. The van der Waals surface area contributed by atoms with E-state index in [9.17, 15) is 14.7 Å². The van der Waals surface area contributed by atoms with Crippen LogP contribution in [0.1, 0.15) is 41.2 Å². The van der Waals surface area contributed by atoms with E-state index >= 15 is 0 Å². The van der Waals surface area contributed by atoms with Crippen molar-refractivity contribution in [2.24, 2.45) is 0 Å². The molecule has 2 unspecified atom stereocenters. The SMILES string of the molecule is Cc1ccc(C2/C(=C(\O)c3ccc4c(c3)CC(C)O4)C(=O)C(=O)N2Cc2ccncc2)o1. The summed E-state index contributed by atoms with van der Waals surface area (Å²) < 4.78 is 11.5. The first kappa shape index (κ1) is 20.1. The molecule has 1 amide bonds. The Kier molecular flexibility index (Phi) is 4.81. The van der Waals surface area contributed by atoms with Crippen LogP contribution >= 0.6 is 0 Å². The van der Waals surface area contributed by atoms with Crippen molar-refractivity contribution in [1.29, 1.82) is 0 Å². The Labute approximate surface area is 184 Å². The minimum atomic E-state index is -0.833. The molecule has 0 bridgehead atoms. The number of nitrogens with zero attached hydrogens (tertiary/aromatic N) is 2. The van der Waals surface area contributed by atoms with Crippen LogP contribution in [0.5, 0.6) is 5.75 Å². The normalized spacial score (nSPS) is 21.6. The number of benzene rings is 1. The Morgan fingerprint density at radius 2 is 1.94 bits per heavy atom. The number of pyridine rings is 1. The highest BCUT2D eigenvalue weighted by atomic mass is 16.5. The number of hydrogen-bond donors (Lipinski definition) is 1. The van der Waals surface area contributed by atoms with E-state index in [1.54, 1.807) is 55.7 Å². The number of Topliss-reactive ketones (excluding diaryl/α,β-unsaturated/α-hetero) is 1. The number of aromatic nitrogens is 1. The molecule has 7 nitrogen and oxygen atoms in total. The molecule has 2 aromatic heterocycles. The van der Waals surface area contributed by atoms with Crippen LogP contribution in [0, 0.1) is 6.92 Å². The van der Waals surface area contributed by atoms with Crippen LogP contribution in [0.4, 0.5) is 0 Å². The average Bonchev–Trinajstić information content (AvgIpc) is 3.44. The van der Waals surface area contributed by atoms with E-state index < -0.39 is 17.7 Å². The number of furan rings is 1. The summed E-state index contributed by atoms with van der Waals surface area (Å²) in [5.74, 6) is 0.210. The zero-order valence-electron chi connectivity index (χ0n) is 17.7. The molecule has 32 heavy (non-hydrogen) atoms. The van der Waals surface area contributed by atoms with E-state index in [4.69, 9.17) is 9.15 Å².